The maximum atomic E-state index is 4.68. The largest absolute Gasteiger partial charge is 0.354 e. The van der Waals surface area contributed by atoms with Crippen LogP contribution in [-0.2, 0) is 0 Å². The standard InChI is InChI=1S/C16H23N3S/c1-12(2)10-19(11-13-4-3-7-17-13)16-14-6-9-20-15(14)5-8-18-16/h5-6,8-9,12-13,17H,3-4,7,10-11H2,1-2H3. The smallest absolute Gasteiger partial charge is 0.137 e. The van der Waals surface area contributed by atoms with Gasteiger partial charge in [0.2, 0.25) is 0 Å². The Morgan fingerprint density at radius 1 is 1.45 bits per heavy atom. The van der Waals surface area contributed by atoms with E-state index in [0.29, 0.717) is 12.0 Å². The minimum atomic E-state index is 0.615. The van der Waals surface area contributed by atoms with E-state index in [0.717, 1.165) is 25.5 Å². The molecule has 1 aliphatic rings. The third-order valence-electron chi connectivity index (χ3n) is 3.85. The van der Waals surface area contributed by atoms with Crippen LogP contribution >= 0.6 is 11.3 Å². The Balaban J connectivity index is 1.88. The molecule has 1 fully saturated rings. The van der Waals surface area contributed by atoms with Crippen LogP contribution in [0.15, 0.2) is 23.7 Å². The third kappa shape index (κ3) is 2.96. The van der Waals surface area contributed by atoms with Gasteiger partial charge in [0.15, 0.2) is 0 Å². The highest BCUT2D eigenvalue weighted by Crippen LogP contribution is 2.29. The Hall–Kier alpha value is -1.13. The molecular weight excluding hydrogens is 266 g/mol. The summed E-state index contributed by atoms with van der Waals surface area (Å²) in [5.41, 5.74) is 0. The fourth-order valence-electron chi connectivity index (χ4n) is 3.00. The molecule has 3 rings (SSSR count). The first kappa shape index (κ1) is 13.8. The second-order valence-electron chi connectivity index (χ2n) is 6.06. The van der Waals surface area contributed by atoms with Crippen LogP contribution in [0, 0.1) is 5.92 Å². The summed E-state index contributed by atoms with van der Waals surface area (Å²) < 4.78 is 1.34. The van der Waals surface area contributed by atoms with Gasteiger partial charge in [-0.2, -0.15) is 0 Å². The van der Waals surface area contributed by atoms with E-state index in [-0.39, 0.29) is 0 Å². The Bertz CT molecular complexity index is 558. The van der Waals surface area contributed by atoms with E-state index < -0.39 is 0 Å². The van der Waals surface area contributed by atoms with Gasteiger partial charge in [0.25, 0.3) is 0 Å². The molecule has 1 N–H and O–H groups in total. The van der Waals surface area contributed by atoms with Crippen LogP contribution in [-0.4, -0.2) is 30.7 Å². The quantitative estimate of drug-likeness (QED) is 0.913. The highest BCUT2D eigenvalue weighted by molar-refractivity contribution is 7.17. The van der Waals surface area contributed by atoms with Gasteiger partial charge in [0.1, 0.15) is 5.82 Å². The van der Waals surface area contributed by atoms with Crippen LogP contribution in [0.4, 0.5) is 5.82 Å². The highest BCUT2D eigenvalue weighted by atomic mass is 32.1. The van der Waals surface area contributed by atoms with Crippen molar-refractivity contribution in [3.63, 3.8) is 0 Å². The number of nitrogens with one attached hydrogen (secondary N) is 1. The summed E-state index contributed by atoms with van der Waals surface area (Å²) in [6, 6.07) is 4.94. The molecule has 1 saturated heterocycles. The van der Waals surface area contributed by atoms with Crippen LogP contribution < -0.4 is 10.2 Å². The Morgan fingerprint density at radius 3 is 3.10 bits per heavy atom. The van der Waals surface area contributed by atoms with E-state index in [4.69, 9.17) is 0 Å². The summed E-state index contributed by atoms with van der Waals surface area (Å²) in [5.74, 6) is 1.80. The third-order valence-corrected chi connectivity index (χ3v) is 4.73. The second-order valence-corrected chi connectivity index (χ2v) is 7.01. The molecule has 0 aliphatic carbocycles. The number of fused-ring (bicyclic) bond motifs is 1. The average Bonchev–Trinajstić information content (AvgIpc) is 3.07. The van der Waals surface area contributed by atoms with E-state index in [1.807, 2.05) is 6.20 Å². The van der Waals surface area contributed by atoms with Crippen molar-refractivity contribution in [2.45, 2.75) is 32.7 Å². The van der Waals surface area contributed by atoms with Crippen molar-refractivity contribution < 1.29 is 0 Å². The zero-order valence-electron chi connectivity index (χ0n) is 12.3. The fourth-order valence-corrected chi connectivity index (χ4v) is 3.78. The molecule has 2 aromatic heterocycles. The van der Waals surface area contributed by atoms with Gasteiger partial charge in [-0.15, -0.1) is 11.3 Å². The first-order chi connectivity index (χ1) is 9.74. The number of nitrogens with zero attached hydrogens (tertiary/aromatic N) is 2. The lowest BCUT2D eigenvalue weighted by Gasteiger charge is -2.29. The van der Waals surface area contributed by atoms with E-state index in [2.05, 4.69) is 46.6 Å². The van der Waals surface area contributed by atoms with Crippen molar-refractivity contribution in [1.29, 1.82) is 0 Å². The minimum absolute atomic E-state index is 0.615. The highest BCUT2D eigenvalue weighted by Gasteiger charge is 2.21. The summed E-state index contributed by atoms with van der Waals surface area (Å²) in [7, 11) is 0. The average molecular weight is 289 g/mol. The number of rotatable bonds is 5. The van der Waals surface area contributed by atoms with Gasteiger partial charge in [-0.1, -0.05) is 13.8 Å². The molecule has 3 nitrogen and oxygen atoms in total. The van der Waals surface area contributed by atoms with E-state index in [9.17, 15) is 0 Å². The lowest BCUT2D eigenvalue weighted by Crippen LogP contribution is -2.39. The molecule has 0 saturated carbocycles. The normalized spacial score (nSPS) is 19.1. The van der Waals surface area contributed by atoms with Gasteiger partial charge in [-0.25, -0.2) is 4.98 Å². The molecule has 3 heterocycles. The summed E-state index contributed by atoms with van der Waals surface area (Å²) in [6.07, 6.45) is 4.54. The van der Waals surface area contributed by atoms with Crippen molar-refractivity contribution in [3.05, 3.63) is 23.7 Å². The van der Waals surface area contributed by atoms with Crippen LogP contribution in [0.3, 0.4) is 0 Å². The van der Waals surface area contributed by atoms with Crippen LogP contribution in [0.5, 0.6) is 0 Å². The second kappa shape index (κ2) is 6.10. The molecule has 0 bridgehead atoms. The molecule has 4 heteroatoms. The lowest BCUT2D eigenvalue weighted by atomic mass is 10.1. The molecule has 1 unspecified atom stereocenters. The van der Waals surface area contributed by atoms with Crippen LogP contribution in [0.2, 0.25) is 0 Å². The summed E-state index contributed by atoms with van der Waals surface area (Å²) in [4.78, 5) is 7.15. The maximum absolute atomic E-state index is 4.68. The molecule has 2 aromatic rings. The molecule has 1 aliphatic heterocycles. The zero-order valence-corrected chi connectivity index (χ0v) is 13.1. The van der Waals surface area contributed by atoms with Gasteiger partial charge in [0, 0.05) is 35.4 Å². The van der Waals surface area contributed by atoms with Crippen molar-refractivity contribution in [2.24, 2.45) is 5.92 Å². The molecule has 0 amide bonds. The Labute approximate surface area is 125 Å². The Kier molecular flexibility index (Phi) is 4.22. The molecule has 0 radical (unpaired) electrons. The zero-order chi connectivity index (χ0) is 13.9. The fraction of sp³-hybridized carbons (Fsp3) is 0.562. The molecule has 1 atom stereocenters. The van der Waals surface area contributed by atoms with Crippen molar-refractivity contribution in [1.82, 2.24) is 10.3 Å². The number of aromatic nitrogens is 1. The first-order valence-corrected chi connectivity index (χ1v) is 8.42. The lowest BCUT2D eigenvalue weighted by molar-refractivity contribution is 0.539. The Morgan fingerprint density at radius 2 is 2.35 bits per heavy atom. The van der Waals surface area contributed by atoms with Gasteiger partial charge in [-0.05, 0) is 42.8 Å². The molecule has 108 valence electrons. The van der Waals surface area contributed by atoms with Gasteiger partial charge in [0.05, 0.1) is 0 Å². The first-order valence-electron chi connectivity index (χ1n) is 7.54. The maximum Gasteiger partial charge on any atom is 0.137 e. The van der Waals surface area contributed by atoms with Gasteiger partial charge < -0.3 is 10.2 Å². The van der Waals surface area contributed by atoms with Gasteiger partial charge in [-0.3, -0.25) is 0 Å². The van der Waals surface area contributed by atoms with E-state index >= 15 is 0 Å². The summed E-state index contributed by atoms with van der Waals surface area (Å²) in [5, 5.41) is 7.07. The predicted molar refractivity (Wildman–Crippen MR) is 87.7 cm³/mol. The molecule has 0 aromatic carbocycles. The van der Waals surface area contributed by atoms with Crippen molar-refractivity contribution in [2.75, 3.05) is 24.5 Å². The van der Waals surface area contributed by atoms with Crippen LogP contribution in [0.1, 0.15) is 26.7 Å². The molecule has 0 spiro atoms. The number of thiophene rings is 1. The number of hydrogen-bond donors (Lipinski definition) is 1. The number of anilines is 1. The van der Waals surface area contributed by atoms with Crippen LogP contribution in [0.25, 0.3) is 10.1 Å². The minimum Gasteiger partial charge on any atom is -0.354 e. The molecule has 20 heavy (non-hydrogen) atoms. The SMILES string of the molecule is CC(C)CN(CC1CCCN1)c1nccc2sccc12. The van der Waals surface area contributed by atoms with Crippen molar-refractivity contribution >= 4 is 27.2 Å². The van der Waals surface area contributed by atoms with E-state index in [1.165, 1.54) is 22.9 Å². The number of pyridine rings is 1. The summed E-state index contributed by atoms with van der Waals surface area (Å²) in [6.45, 7) is 7.86. The van der Waals surface area contributed by atoms with Crippen molar-refractivity contribution in [3.8, 4) is 0 Å². The molecular formula is C16H23N3S. The van der Waals surface area contributed by atoms with Gasteiger partial charge >= 0.3 is 0 Å². The predicted octanol–water partition coefficient (Wildman–Crippen LogP) is 3.51. The van der Waals surface area contributed by atoms with E-state index in [1.54, 1.807) is 11.3 Å². The number of hydrogen-bond acceptors (Lipinski definition) is 4. The topological polar surface area (TPSA) is 28.2 Å². The monoisotopic (exact) mass is 289 g/mol. The summed E-state index contributed by atoms with van der Waals surface area (Å²) >= 11 is 1.80.